The Kier molecular flexibility index (Phi) is 4.14. The highest BCUT2D eigenvalue weighted by atomic mass is 79.9. The zero-order valence-corrected chi connectivity index (χ0v) is 15.6. The van der Waals surface area contributed by atoms with E-state index < -0.39 is 5.60 Å². The van der Waals surface area contributed by atoms with Crippen molar-refractivity contribution in [2.24, 2.45) is 0 Å². The van der Waals surface area contributed by atoms with Crippen molar-refractivity contribution in [1.82, 2.24) is 0 Å². The van der Waals surface area contributed by atoms with Gasteiger partial charge in [0.1, 0.15) is 5.60 Å². The van der Waals surface area contributed by atoms with Crippen molar-refractivity contribution in [1.29, 1.82) is 0 Å². The van der Waals surface area contributed by atoms with E-state index >= 15 is 0 Å². The maximum atomic E-state index is 11.6. The van der Waals surface area contributed by atoms with Gasteiger partial charge in [0.25, 0.3) is 0 Å². The van der Waals surface area contributed by atoms with E-state index in [-0.39, 0.29) is 29.4 Å². The number of carbonyl (C=O) groups excluding carboxylic acids is 1. The molecular weight excluding hydrogens is 348 g/mol. The van der Waals surface area contributed by atoms with Crippen molar-refractivity contribution in [3.8, 4) is 0 Å². The van der Waals surface area contributed by atoms with Gasteiger partial charge in [0.05, 0.1) is 23.4 Å². The number of carbonyl (C=O) groups is 1. The van der Waals surface area contributed by atoms with Crippen molar-refractivity contribution in [3.05, 3.63) is 0 Å². The monoisotopic (exact) mass is 374 g/mol. The van der Waals surface area contributed by atoms with Crippen LogP contribution in [-0.4, -0.2) is 39.8 Å². The van der Waals surface area contributed by atoms with Crippen LogP contribution >= 0.6 is 15.9 Å². The van der Waals surface area contributed by atoms with Crippen molar-refractivity contribution in [2.75, 3.05) is 0 Å². The second-order valence-corrected chi connectivity index (χ2v) is 9.11. The molecule has 0 radical (unpaired) electrons. The number of hydrogen-bond acceptors (Lipinski definition) is 4. The molecule has 3 saturated heterocycles. The smallest absolute Gasteiger partial charge is 0.306 e. The first-order valence-corrected chi connectivity index (χ1v) is 9.28. The van der Waals surface area contributed by atoms with E-state index in [9.17, 15) is 4.79 Å². The van der Waals surface area contributed by atoms with Crippen LogP contribution in [0.15, 0.2) is 0 Å². The van der Waals surface area contributed by atoms with Crippen LogP contribution < -0.4 is 0 Å². The van der Waals surface area contributed by atoms with Gasteiger partial charge in [-0.2, -0.15) is 0 Å². The van der Waals surface area contributed by atoms with Crippen molar-refractivity contribution < 1.29 is 19.0 Å². The Morgan fingerprint density at radius 2 is 1.64 bits per heavy atom. The first-order chi connectivity index (χ1) is 10.1. The molecule has 0 aromatic rings. The fourth-order valence-corrected chi connectivity index (χ4v) is 4.51. The van der Waals surface area contributed by atoms with Gasteiger partial charge in [0, 0.05) is 11.2 Å². The average Bonchev–Trinajstić information content (AvgIpc) is 2.41. The zero-order chi connectivity index (χ0) is 16.2. The number of hydrogen-bond donors (Lipinski definition) is 0. The van der Waals surface area contributed by atoms with Gasteiger partial charge < -0.3 is 14.2 Å². The number of fused-ring (bicyclic) bond motifs is 1. The Morgan fingerprint density at radius 3 is 2.32 bits per heavy atom. The van der Waals surface area contributed by atoms with Gasteiger partial charge >= 0.3 is 5.97 Å². The van der Waals surface area contributed by atoms with Crippen LogP contribution in [0.25, 0.3) is 0 Å². The minimum atomic E-state index is -0.454. The maximum Gasteiger partial charge on any atom is 0.306 e. The average molecular weight is 375 g/mol. The fourth-order valence-electron chi connectivity index (χ4n) is 4.19. The zero-order valence-electron chi connectivity index (χ0n) is 14.0. The molecular formula is C17H27BrO4. The molecule has 0 unspecified atom stereocenters. The van der Waals surface area contributed by atoms with Gasteiger partial charge in [0.2, 0.25) is 0 Å². The molecule has 3 aliphatic heterocycles. The Labute approximate surface area is 141 Å². The molecule has 0 bridgehead atoms. The van der Waals surface area contributed by atoms with E-state index in [0.29, 0.717) is 11.2 Å². The van der Waals surface area contributed by atoms with Crippen LogP contribution in [-0.2, 0) is 19.0 Å². The number of halogens is 1. The lowest BCUT2D eigenvalue weighted by Gasteiger charge is -2.54. The highest BCUT2D eigenvalue weighted by Crippen LogP contribution is 2.47. The van der Waals surface area contributed by atoms with Crippen LogP contribution in [0.3, 0.4) is 0 Å². The Morgan fingerprint density at radius 1 is 1.00 bits per heavy atom. The van der Waals surface area contributed by atoms with Crippen LogP contribution in [0.1, 0.15) is 66.2 Å². The summed E-state index contributed by atoms with van der Waals surface area (Å²) in [5, 5.41) is 0. The summed E-state index contributed by atoms with van der Waals surface area (Å²) in [5.41, 5.74) is -0.920. The van der Waals surface area contributed by atoms with Gasteiger partial charge in [-0.15, -0.1) is 0 Å². The number of esters is 1. The molecule has 5 atom stereocenters. The van der Waals surface area contributed by atoms with E-state index in [4.69, 9.17) is 14.2 Å². The van der Waals surface area contributed by atoms with E-state index in [2.05, 4.69) is 36.7 Å². The van der Waals surface area contributed by atoms with Gasteiger partial charge in [-0.3, -0.25) is 4.79 Å². The summed E-state index contributed by atoms with van der Waals surface area (Å²) in [6.07, 6.45) is 5.08. The molecule has 0 aliphatic carbocycles. The molecule has 126 valence electrons. The molecule has 22 heavy (non-hydrogen) atoms. The SMILES string of the molecule is CC1(C)O[C@](C)([C@H]2CC[C@]3(C)OC(=O)CC[C@H]3O2)CC[C@H]1Br. The lowest BCUT2D eigenvalue weighted by Crippen LogP contribution is -2.61. The van der Waals surface area contributed by atoms with Crippen molar-refractivity contribution in [3.63, 3.8) is 0 Å². The largest absolute Gasteiger partial charge is 0.457 e. The summed E-state index contributed by atoms with van der Waals surface area (Å²) < 4.78 is 18.5. The third kappa shape index (κ3) is 2.84. The van der Waals surface area contributed by atoms with E-state index in [1.807, 2.05) is 6.92 Å². The Balaban J connectivity index is 1.73. The number of rotatable bonds is 1. The third-order valence-corrected chi connectivity index (χ3v) is 7.26. The lowest BCUT2D eigenvalue weighted by atomic mass is 9.77. The van der Waals surface area contributed by atoms with Crippen LogP contribution in [0.2, 0.25) is 0 Å². The molecule has 0 aromatic heterocycles. The molecule has 3 rings (SSSR count). The maximum absolute atomic E-state index is 11.6. The molecule has 3 fully saturated rings. The molecule has 0 amide bonds. The summed E-state index contributed by atoms with van der Waals surface area (Å²) in [5.74, 6) is -0.0933. The predicted molar refractivity (Wildman–Crippen MR) is 87.1 cm³/mol. The van der Waals surface area contributed by atoms with E-state index in [0.717, 1.165) is 32.1 Å². The second kappa shape index (κ2) is 5.45. The summed E-state index contributed by atoms with van der Waals surface area (Å²) >= 11 is 3.73. The number of ether oxygens (including phenoxy) is 3. The molecule has 3 aliphatic rings. The number of alkyl halides is 1. The molecule has 0 aromatic carbocycles. The molecule has 0 N–H and O–H groups in total. The highest BCUT2D eigenvalue weighted by Gasteiger charge is 2.54. The Bertz CT molecular complexity index is 466. The standard InChI is InChI=1S/C17H27BrO4/c1-15(2)11(18)7-9-17(4,22-15)13-8-10-16(3)12(20-13)5-6-14(19)21-16/h11-13H,5-10H2,1-4H3/t11-,12-,13-,16+,17+/m1/s1. The van der Waals surface area contributed by atoms with Gasteiger partial charge in [-0.1, -0.05) is 15.9 Å². The molecule has 0 spiro atoms. The second-order valence-electron chi connectivity index (χ2n) is 8.00. The fraction of sp³-hybridized carbons (Fsp3) is 0.941. The summed E-state index contributed by atoms with van der Waals surface area (Å²) in [4.78, 5) is 12.0. The molecule has 3 heterocycles. The van der Waals surface area contributed by atoms with E-state index in [1.165, 1.54) is 0 Å². The van der Waals surface area contributed by atoms with Gasteiger partial charge in [-0.25, -0.2) is 0 Å². The van der Waals surface area contributed by atoms with E-state index in [1.54, 1.807) is 0 Å². The summed E-state index contributed by atoms with van der Waals surface area (Å²) in [6.45, 7) is 8.46. The lowest BCUT2D eigenvalue weighted by molar-refractivity contribution is -0.272. The van der Waals surface area contributed by atoms with Crippen molar-refractivity contribution in [2.45, 2.75) is 100 Å². The molecule has 0 saturated carbocycles. The molecule has 5 heteroatoms. The van der Waals surface area contributed by atoms with Crippen LogP contribution in [0, 0.1) is 0 Å². The van der Waals surface area contributed by atoms with Gasteiger partial charge in [-0.05, 0) is 59.8 Å². The van der Waals surface area contributed by atoms with Crippen LogP contribution in [0.5, 0.6) is 0 Å². The highest BCUT2D eigenvalue weighted by molar-refractivity contribution is 9.09. The third-order valence-electron chi connectivity index (χ3n) is 5.70. The minimum absolute atomic E-state index is 0.00539. The van der Waals surface area contributed by atoms with Gasteiger partial charge in [0.15, 0.2) is 0 Å². The predicted octanol–water partition coefficient (Wildman–Crippen LogP) is 3.74. The first-order valence-electron chi connectivity index (χ1n) is 8.36. The van der Waals surface area contributed by atoms with Crippen LogP contribution in [0.4, 0.5) is 0 Å². The van der Waals surface area contributed by atoms with Crippen molar-refractivity contribution >= 4 is 21.9 Å². The minimum Gasteiger partial charge on any atom is -0.457 e. The summed E-state index contributed by atoms with van der Waals surface area (Å²) in [7, 11) is 0. The molecule has 4 nitrogen and oxygen atoms in total. The first kappa shape index (κ1) is 16.7. The topological polar surface area (TPSA) is 44.8 Å². The Hall–Kier alpha value is -0.130. The summed E-state index contributed by atoms with van der Waals surface area (Å²) in [6, 6.07) is 0. The normalized spacial score (nSPS) is 48.4. The quantitative estimate of drug-likeness (QED) is 0.517.